The van der Waals surface area contributed by atoms with Crippen molar-refractivity contribution >= 4 is 16.9 Å². The van der Waals surface area contributed by atoms with Gasteiger partial charge in [-0.2, -0.15) is 0 Å². The van der Waals surface area contributed by atoms with Crippen LogP contribution in [0.5, 0.6) is 0 Å². The molecule has 5 nitrogen and oxygen atoms in total. The molecule has 1 unspecified atom stereocenters. The molecule has 1 heterocycles. The van der Waals surface area contributed by atoms with E-state index >= 15 is 0 Å². The minimum absolute atomic E-state index is 0.127. The van der Waals surface area contributed by atoms with E-state index in [0.29, 0.717) is 19.5 Å². The number of carbonyl (C=O) groups excluding carboxylic acids is 1. The first kappa shape index (κ1) is 13.5. The summed E-state index contributed by atoms with van der Waals surface area (Å²) in [6.45, 7) is 3.13. The molecular formula is C14H20N4O. The summed E-state index contributed by atoms with van der Waals surface area (Å²) in [7, 11) is 1.82. The lowest BCUT2D eigenvalue weighted by molar-refractivity contribution is -0.131. The molecular weight excluding hydrogens is 240 g/mol. The number of rotatable bonds is 5. The van der Waals surface area contributed by atoms with Crippen LogP contribution in [0.1, 0.15) is 18.9 Å². The van der Waals surface area contributed by atoms with E-state index in [1.807, 2.05) is 32.2 Å². The predicted octanol–water partition coefficient (Wildman–Crippen LogP) is 1.51. The van der Waals surface area contributed by atoms with Crippen LogP contribution in [0.4, 0.5) is 0 Å². The Morgan fingerprint density at radius 1 is 1.53 bits per heavy atom. The summed E-state index contributed by atoms with van der Waals surface area (Å²) in [5, 5.41) is 0. The Bertz CT molecular complexity index is 563. The molecule has 1 atom stereocenters. The van der Waals surface area contributed by atoms with E-state index in [1.54, 1.807) is 11.2 Å². The lowest BCUT2D eigenvalue weighted by Gasteiger charge is -2.19. The quantitative estimate of drug-likeness (QED) is 0.855. The maximum atomic E-state index is 12.0. The average Bonchev–Trinajstić information content (AvgIpc) is 2.85. The second-order valence-electron chi connectivity index (χ2n) is 5.05. The minimum atomic E-state index is 0.127. The van der Waals surface area contributed by atoms with Gasteiger partial charge in [0.25, 0.3) is 0 Å². The van der Waals surface area contributed by atoms with Gasteiger partial charge in [0.1, 0.15) is 0 Å². The van der Waals surface area contributed by atoms with Crippen molar-refractivity contribution < 1.29 is 4.79 Å². The molecule has 0 bridgehead atoms. The van der Waals surface area contributed by atoms with Crippen LogP contribution in [-0.2, 0) is 11.3 Å². The third-order valence-electron chi connectivity index (χ3n) is 3.26. The van der Waals surface area contributed by atoms with Gasteiger partial charge in [0.15, 0.2) is 0 Å². The number of amides is 1. The maximum absolute atomic E-state index is 12.0. The summed E-state index contributed by atoms with van der Waals surface area (Å²) in [6.07, 6.45) is 2.17. The zero-order valence-corrected chi connectivity index (χ0v) is 11.4. The van der Waals surface area contributed by atoms with Gasteiger partial charge >= 0.3 is 0 Å². The van der Waals surface area contributed by atoms with Crippen LogP contribution in [0.3, 0.4) is 0 Å². The number of nitrogens with zero attached hydrogens (tertiary/aromatic N) is 2. The number of benzene rings is 1. The van der Waals surface area contributed by atoms with Crippen LogP contribution in [-0.4, -0.2) is 34.4 Å². The molecule has 3 N–H and O–H groups in total. The first-order valence-electron chi connectivity index (χ1n) is 6.46. The van der Waals surface area contributed by atoms with Crippen molar-refractivity contribution in [3.8, 4) is 0 Å². The van der Waals surface area contributed by atoms with Crippen molar-refractivity contribution in [1.82, 2.24) is 14.9 Å². The fraction of sp³-hybridized carbons (Fsp3) is 0.429. The van der Waals surface area contributed by atoms with E-state index in [1.165, 1.54) is 0 Å². The summed E-state index contributed by atoms with van der Waals surface area (Å²) in [6, 6.07) is 5.99. The average molecular weight is 260 g/mol. The number of H-pyrrole nitrogens is 1. The van der Waals surface area contributed by atoms with Crippen LogP contribution in [0.2, 0.25) is 0 Å². The molecule has 0 aliphatic heterocycles. The SMILES string of the molecule is CC(CN)CC(=O)N(C)Cc1ccc2nc[nH]c2c1. The number of nitrogens with two attached hydrogens (primary N) is 1. The maximum Gasteiger partial charge on any atom is 0.222 e. The van der Waals surface area contributed by atoms with Gasteiger partial charge in [-0.15, -0.1) is 0 Å². The summed E-state index contributed by atoms with van der Waals surface area (Å²) < 4.78 is 0. The highest BCUT2D eigenvalue weighted by Gasteiger charge is 2.13. The fourth-order valence-corrected chi connectivity index (χ4v) is 1.98. The summed E-state index contributed by atoms with van der Waals surface area (Å²) in [5.74, 6) is 0.354. The Morgan fingerprint density at radius 3 is 3.05 bits per heavy atom. The van der Waals surface area contributed by atoms with Crippen molar-refractivity contribution in [3.05, 3.63) is 30.1 Å². The normalized spacial score (nSPS) is 12.6. The summed E-state index contributed by atoms with van der Waals surface area (Å²) in [4.78, 5) is 21.0. The summed E-state index contributed by atoms with van der Waals surface area (Å²) in [5.41, 5.74) is 8.57. The number of hydrogen-bond donors (Lipinski definition) is 2. The second-order valence-corrected chi connectivity index (χ2v) is 5.05. The first-order valence-corrected chi connectivity index (χ1v) is 6.46. The van der Waals surface area contributed by atoms with Gasteiger partial charge in [-0.25, -0.2) is 4.98 Å². The number of aromatic nitrogens is 2. The number of nitrogens with one attached hydrogen (secondary N) is 1. The smallest absolute Gasteiger partial charge is 0.222 e. The highest BCUT2D eigenvalue weighted by molar-refractivity contribution is 5.77. The molecule has 102 valence electrons. The Labute approximate surface area is 112 Å². The molecule has 0 spiro atoms. The zero-order valence-electron chi connectivity index (χ0n) is 11.4. The minimum Gasteiger partial charge on any atom is -0.345 e. The number of imidazole rings is 1. The van der Waals surface area contributed by atoms with Crippen LogP contribution in [0.15, 0.2) is 24.5 Å². The van der Waals surface area contributed by atoms with Gasteiger partial charge in [-0.1, -0.05) is 13.0 Å². The molecule has 0 fully saturated rings. The van der Waals surface area contributed by atoms with Crippen molar-refractivity contribution in [1.29, 1.82) is 0 Å². The van der Waals surface area contributed by atoms with Gasteiger partial charge in [0, 0.05) is 20.0 Å². The van der Waals surface area contributed by atoms with E-state index < -0.39 is 0 Å². The van der Waals surface area contributed by atoms with E-state index in [4.69, 9.17) is 5.73 Å². The molecule has 0 saturated heterocycles. The van der Waals surface area contributed by atoms with Crippen molar-refractivity contribution in [2.45, 2.75) is 19.9 Å². The van der Waals surface area contributed by atoms with Crippen LogP contribution in [0, 0.1) is 5.92 Å². The predicted molar refractivity (Wildman–Crippen MR) is 75.4 cm³/mol. The standard InChI is InChI=1S/C14H20N4O/c1-10(7-15)5-14(19)18(2)8-11-3-4-12-13(6-11)17-9-16-12/h3-4,6,9-10H,5,7-8,15H2,1-2H3,(H,16,17). The lowest BCUT2D eigenvalue weighted by atomic mass is 10.1. The second kappa shape index (κ2) is 5.84. The number of hydrogen-bond acceptors (Lipinski definition) is 3. The molecule has 1 amide bonds. The van der Waals surface area contributed by atoms with Crippen LogP contribution < -0.4 is 5.73 Å². The van der Waals surface area contributed by atoms with Gasteiger partial charge in [-0.3, -0.25) is 4.79 Å². The van der Waals surface area contributed by atoms with Crippen LogP contribution >= 0.6 is 0 Å². The molecule has 19 heavy (non-hydrogen) atoms. The zero-order chi connectivity index (χ0) is 13.8. The van der Waals surface area contributed by atoms with Crippen molar-refractivity contribution in [3.63, 3.8) is 0 Å². The molecule has 0 aliphatic rings. The Morgan fingerprint density at radius 2 is 2.32 bits per heavy atom. The number of aromatic amines is 1. The third kappa shape index (κ3) is 3.32. The molecule has 0 saturated carbocycles. The van der Waals surface area contributed by atoms with Gasteiger partial charge in [0.2, 0.25) is 5.91 Å². The van der Waals surface area contributed by atoms with Gasteiger partial charge in [-0.05, 0) is 30.2 Å². The van der Waals surface area contributed by atoms with Crippen molar-refractivity contribution in [2.75, 3.05) is 13.6 Å². The first-order chi connectivity index (χ1) is 9.10. The number of carbonyl (C=O) groups is 1. The van der Waals surface area contributed by atoms with Crippen molar-refractivity contribution in [2.24, 2.45) is 11.7 Å². The van der Waals surface area contributed by atoms with Gasteiger partial charge < -0.3 is 15.6 Å². The fourth-order valence-electron chi connectivity index (χ4n) is 1.98. The Kier molecular flexibility index (Phi) is 4.16. The Hall–Kier alpha value is -1.88. The van der Waals surface area contributed by atoms with E-state index in [0.717, 1.165) is 16.6 Å². The largest absolute Gasteiger partial charge is 0.345 e. The Balaban J connectivity index is 2.01. The third-order valence-corrected chi connectivity index (χ3v) is 3.26. The van der Waals surface area contributed by atoms with Gasteiger partial charge in [0.05, 0.1) is 17.4 Å². The van der Waals surface area contributed by atoms with E-state index in [2.05, 4.69) is 9.97 Å². The molecule has 2 rings (SSSR count). The topological polar surface area (TPSA) is 75.0 Å². The molecule has 0 radical (unpaired) electrons. The van der Waals surface area contributed by atoms with E-state index in [-0.39, 0.29) is 11.8 Å². The molecule has 0 aliphatic carbocycles. The molecule has 1 aromatic carbocycles. The molecule has 5 heteroatoms. The summed E-state index contributed by atoms with van der Waals surface area (Å²) >= 11 is 0. The van der Waals surface area contributed by atoms with Crippen LogP contribution in [0.25, 0.3) is 11.0 Å². The molecule has 2 aromatic rings. The highest BCUT2D eigenvalue weighted by Crippen LogP contribution is 2.14. The van der Waals surface area contributed by atoms with E-state index in [9.17, 15) is 4.79 Å². The monoisotopic (exact) mass is 260 g/mol. The highest BCUT2D eigenvalue weighted by atomic mass is 16.2. The molecule has 1 aromatic heterocycles. The number of fused-ring (bicyclic) bond motifs is 1. The lowest BCUT2D eigenvalue weighted by Crippen LogP contribution is -2.29.